The molecule has 0 aliphatic carbocycles. The molecule has 0 spiro atoms. The van der Waals surface area contributed by atoms with Crippen LogP contribution in [0.2, 0.25) is 0 Å². The Kier molecular flexibility index (Phi) is 9.14. The van der Waals surface area contributed by atoms with Crippen LogP contribution in [0.4, 0.5) is 0 Å². The van der Waals surface area contributed by atoms with Crippen molar-refractivity contribution >= 4 is 18.1 Å². The van der Waals surface area contributed by atoms with Crippen LogP contribution >= 0.6 is 0 Å². The van der Waals surface area contributed by atoms with Crippen molar-refractivity contribution in [1.29, 1.82) is 0 Å². The number of nitrogens with zero attached hydrogens (tertiary/aromatic N) is 4. The van der Waals surface area contributed by atoms with Crippen molar-refractivity contribution in [2.45, 2.75) is 33.5 Å². The molecule has 3 aromatic carbocycles. The van der Waals surface area contributed by atoms with E-state index in [0.29, 0.717) is 58.3 Å². The molecule has 6 aromatic rings. The van der Waals surface area contributed by atoms with Crippen molar-refractivity contribution in [2.24, 2.45) is 0 Å². The van der Waals surface area contributed by atoms with E-state index in [2.05, 4.69) is 9.97 Å². The van der Waals surface area contributed by atoms with E-state index in [1.165, 1.54) is 12.1 Å². The van der Waals surface area contributed by atoms with E-state index in [-0.39, 0.29) is 18.8 Å². The molecule has 11 nitrogen and oxygen atoms in total. The number of aromatic carboxylic acids is 1. The highest BCUT2D eigenvalue weighted by Crippen LogP contribution is 2.31. The molecule has 6 rings (SSSR count). The molecule has 0 fully saturated rings. The molecule has 0 saturated carbocycles. The molecule has 0 amide bonds. The quantitative estimate of drug-likeness (QED) is 0.137. The van der Waals surface area contributed by atoms with Crippen molar-refractivity contribution in [3.8, 4) is 34.5 Å². The molecule has 3 heterocycles. The fraction of sp³-hybridized carbons (Fsp3) is 0.167. The van der Waals surface area contributed by atoms with E-state index in [9.17, 15) is 9.90 Å². The van der Waals surface area contributed by atoms with Gasteiger partial charge in [-0.2, -0.15) is 0 Å². The Morgan fingerprint density at radius 3 is 2.57 bits per heavy atom. The van der Waals surface area contributed by atoms with Crippen LogP contribution in [0.25, 0.3) is 29.3 Å². The number of aryl methyl sites for hydroxylation is 2. The summed E-state index contributed by atoms with van der Waals surface area (Å²) >= 11 is 0. The summed E-state index contributed by atoms with van der Waals surface area (Å²) in [4.78, 5) is 20.3. The van der Waals surface area contributed by atoms with E-state index in [4.69, 9.17) is 28.1 Å². The first-order valence-electron chi connectivity index (χ1n) is 14.9. The lowest BCUT2D eigenvalue weighted by molar-refractivity contribution is 0.0697. The lowest BCUT2D eigenvalue weighted by atomic mass is 10.1. The minimum absolute atomic E-state index is 0.123. The Balaban J connectivity index is 1.16. The smallest absolute Gasteiger partial charge is 0.335 e. The summed E-state index contributed by atoms with van der Waals surface area (Å²) < 4.78 is 30.9. The Morgan fingerprint density at radius 1 is 0.957 bits per heavy atom. The molecule has 238 valence electrons. The van der Waals surface area contributed by atoms with E-state index < -0.39 is 5.97 Å². The third-order valence-corrected chi connectivity index (χ3v) is 7.25. The Morgan fingerprint density at radius 2 is 1.81 bits per heavy atom. The number of carboxylic acids is 1. The second-order valence-corrected chi connectivity index (χ2v) is 10.5. The summed E-state index contributed by atoms with van der Waals surface area (Å²) in [6, 6.07) is 21.8. The van der Waals surface area contributed by atoms with Crippen molar-refractivity contribution in [3.05, 3.63) is 125 Å². The molecule has 0 aliphatic rings. The van der Waals surface area contributed by atoms with Crippen molar-refractivity contribution in [1.82, 2.24) is 19.7 Å². The number of aromatic nitrogens is 4. The fourth-order valence-electron chi connectivity index (χ4n) is 4.74. The van der Waals surface area contributed by atoms with Gasteiger partial charge in [0.2, 0.25) is 11.8 Å². The first-order chi connectivity index (χ1) is 22.9. The minimum Gasteiger partial charge on any atom is -0.493 e. The molecule has 47 heavy (non-hydrogen) atoms. The number of para-hydroxylation sites is 1. The van der Waals surface area contributed by atoms with Crippen LogP contribution < -0.4 is 14.2 Å². The number of oxazole rings is 2. The first kappa shape index (κ1) is 30.9. The zero-order valence-electron chi connectivity index (χ0n) is 26.0. The summed E-state index contributed by atoms with van der Waals surface area (Å²) in [5, 5.41) is 14.0. The first-order valence-corrected chi connectivity index (χ1v) is 14.9. The minimum atomic E-state index is -1.02. The summed E-state index contributed by atoms with van der Waals surface area (Å²) in [5.41, 5.74) is 4.54. The second kappa shape index (κ2) is 13.9. The Bertz CT molecular complexity index is 2020. The fourth-order valence-corrected chi connectivity index (χ4v) is 4.74. The molecule has 0 aliphatic heterocycles. The molecule has 0 atom stereocenters. The molecular formula is C36H32N4O7. The lowest BCUT2D eigenvalue weighted by Gasteiger charge is -2.12. The number of rotatable bonds is 13. The zero-order valence-corrected chi connectivity index (χ0v) is 26.0. The Hall–Kier alpha value is -6.10. The van der Waals surface area contributed by atoms with Gasteiger partial charge in [-0.3, -0.25) is 0 Å². The molecule has 1 N–H and O–H groups in total. The number of carbonyl (C=O) groups is 1. The van der Waals surface area contributed by atoms with Gasteiger partial charge in [0, 0.05) is 18.2 Å². The molecular weight excluding hydrogens is 600 g/mol. The highest BCUT2D eigenvalue weighted by atomic mass is 16.5. The maximum Gasteiger partial charge on any atom is 0.335 e. The molecule has 3 aromatic heterocycles. The average molecular weight is 633 g/mol. The van der Waals surface area contributed by atoms with Gasteiger partial charge in [-0.1, -0.05) is 37.3 Å². The number of ether oxygens (including phenoxy) is 3. The van der Waals surface area contributed by atoms with Crippen LogP contribution in [0.1, 0.15) is 51.4 Å². The highest BCUT2D eigenvalue weighted by molar-refractivity contribution is 5.89. The van der Waals surface area contributed by atoms with Gasteiger partial charge in [-0.15, -0.1) is 5.10 Å². The van der Waals surface area contributed by atoms with E-state index in [1.54, 1.807) is 37.1 Å². The predicted molar refractivity (Wildman–Crippen MR) is 174 cm³/mol. The highest BCUT2D eigenvalue weighted by Gasteiger charge is 2.16. The average Bonchev–Trinajstić information content (AvgIpc) is 3.84. The standard InChI is InChI=1S/C36H32N4O7/c1-4-33-37-28(21-45-33)15-14-27-19-40(29-11-6-5-7-12-29)39-35(27)46-20-24-13-16-31(32(17-24)43-3)44-22-30-23(2)47-34(38-30)25-9-8-10-26(18-25)36(41)42/h5-19,21H,4,20,22H2,1-3H3,(H,41,42)/b15-14+. The van der Waals surface area contributed by atoms with Gasteiger partial charge in [0.25, 0.3) is 0 Å². The van der Waals surface area contributed by atoms with Gasteiger partial charge in [-0.05, 0) is 67.1 Å². The van der Waals surface area contributed by atoms with Crippen LogP contribution in [-0.4, -0.2) is 37.9 Å². The predicted octanol–water partition coefficient (Wildman–Crippen LogP) is 7.42. The van der Waals surface area contributed by atoms with E-state index >= 15 is 0 Å². The van der Waals surface area contributed by atoms with Crippen LogP contribution in [0.5, 0.6) is 17.4 Å². The van der Waals surface area contributed by atoms with Crippen molar-refractivity contribution in [2.75, 3.05) is 7.11 Å². The summed E-state index contributed by atoms with van der Waals surface area (Å²) in [7, 11) is 1.57. The molecule has 0 saturated heterocycles. The SMILES string of the molecule is CCc1nc(/C=C/c2cn(-c3ccccc3)nc2OCc2ccc(OCc3nc(-c4cccc(C(=O)O)c4)oc3C)c(OC)c2)co1. The largest absolute Gasteiger partial charge is 0.493 e. The van der Waals surface area contributed by atoms with Crippen LogP contribution in [-0.2, 0) is 19.6 Å². The third kappa shape index (κ3) is 7.25. The van der Waals surface area contributed by atoms with Crippen molar-refractivity contribution < 1.29 is 32.9 Å². The number of benzene rings is 3. The zero-order chi connectivity index (χ0) is 32.8. The lowest BCUT2D eigenvalue weighted by Crippen LogP contribution is -2.02. The van der Waals surface area contributed by atoms with Crippen LogP contribution in [0, 0.1) is 6.92 Å². The van der Waals surface area contributed by atoms with Crippen LogP contribution in [0.15, 0.2) is 94.1 Å². The van der Waals surface area contributed by atoms with Gasteiger partial charge < -0.3 is 28.2 Å². The van der Waals surface area contributed by atoms with Crippen molar-refractivity contribution in [3.63, 3.8) is 0 Å². The van der Waals surface area contributed by atoms with Gasteiger partial charge in [0.1, 0.15) is 36.6 Å². The number of methoxy groups -OCH3 is 1. The van der Waals surface area contributed by atoms with Gasteiger partial charge in [-0.25, -0.2) is 19.4 Å². The summed E-state index contributed by atoms with van der Waals surface area (Å²) in [6.45, 7) is 4.12. The monoisotopic (exact) mass is 632 g/mol. The van der Waals surface area contributed by atoms with E-state index in [1.807, 2.05) is 73.8 Å². The van der Waals surface area contributed by atoms with Gasteiger partial charge >= 0.3 is 5.97 Å². The maximum atomic E-state index is 11.4. The Labute approximate surface area is 270 Å². The number of hydrogen-bond donors (Lipinski definition) is 1. The molecule has 0 unspecified atom stereocenters. The van der Waals surface area contributed by atoms with Crippen LogP contribution in [0.3, 0.4) is 0 Å². The molecule has 11 heteroatoms. The topological polar surface area (TPSA) is 135 Å². The third-order valence-electron chi connectivity index (χ3n) is 7.25. The normalized spacial score (nSPS) is 11.2. The summed E-state index contributed by atoms with van der Waals surface area (Å²) in [5.74, 6) is 2.03. The number of carboxylic acid groups (broad SMARTS) is 1. The van der Waals surface area contributed by atoms with Gasteiger partial charge in [0.05, 0.1) is 23.9 Å². The number of hydrogen-bond acceptors (Lipinski definition) is 9. The molecule has 0 bridgehead atoms. The molecule has 0 radical (unpaired) electrons. The maximum absolute atomic E-state index is 11.4. The van der Waals surface area contributed by atoms with Gasteiger partial charge in [0.15, 0.2) is 17.4 Å². The van der Waals surface area contributed by atoms with E-state index in [0.717, 1.165) is 16.8 Å². The summed E-state index contributed by atoms with van der Waals surface area (Å²) in [6.07, 6.45) is 8.00. The second-order valence-electron chi connectivity index (χ2n) is 10.5.